The Morgan fingerprint density at radius 3 is 2.50 bits per heavy atom. The summed E-state index contributed by atoms with van der Waals surface area (Å²) < 4.78 is 5.23. The number of methoxy groups -OCH3 is 1. The molecule has 0 aliphatic heterocycles. The normalized spacial score (nSPS) is 12.8. The molecule has 24 heavy (non-hydrogen) atoms. The summed E-state index contributed by atoms with van der Waals surface area (Å²) in [6.45, 7) is 5.37. The van der Waals surface area contributed by atoms with Gasteiger partial charge in [-0.25, -0.2) is 0 Å². The number of benzene rings is 1. The Balaban J connectivity index is 2.34. The molecule has 5 nitrogen and oxygen atoms in total. The Labute approximate surface area is 141 Å². The van der Waals surface area contributed by atoms with Crippen molar-refractivity contribution < 1.29 is 14.3 Å². The lowest BCUT2D eigenvalue weighted by Gasteiger charge is -2.19. The van der Waals surface area contributed by atoms with Crippen LogP contribution in [0.5, 0.6) is 5.75 Å². The van der Waals surface area contributed by atoms with E-state index >= 15 is 0 Å². The topological polar surface area (TPSA) is 68.3 Å². The van der Waals surface area contributed by atoms with Crippen molar-refractivity contribution in [3.63, 3.8) is 0 Å². The Morgan fingerprint density at radius 2 is 1.88 bits per heavy atom. The minimum Gasteiger partial charge on any atom is -0.495 e. The number of nitrogens with zero attached hydrogens (tertiary/aromatic N) is 1. The van der Waals surface area contributed by atoms with E-state index in [0.29, 0.717) is 17.0 Å². The third kappa shape index (κ3) is 3.87. The van der Waals surface area contributed by atoms with Gasteiger partial charge in [0.15, 0.2) is 5.78 Å². The van der Waals surface area contributed by atoms with Gasteiger partial charge in [-0.05, 0) is 29.8 Å². The van der Waals surface area contributed by atoms with Crippen LogP contribution in [0.15, 0.2) is 61.4 Å². The van der Waals surface area contributed by atoms with E-state index in [9.17, 15) is 9.59 Å². The van der Waals surface area contributed by atoms with Crippen LogP contribution in [0, 0.1) is 5.92 Å². The molecule has 1 aromatic heterocycles. The quantitative estimate of drug-likeness (QED) is 0.627. The van der Waals surface area contributed by atoms with E-state index in [4.69, 9.17) is 4.74 Å². The molecule has 2 rings (SSSR count). The van der Waals surface area contributed by atoms with E-state index in [2.05, 4.69) is 16.9 Å². The van der Waals surface area contributed by atoms with Crippen LogP contribution in [-0.2, 0) is 9.59 Å². The zero-order chi connectivity index (χ0) is 17.5. The molecule has 1 amide bonds. The molecule has 1 aromatic carbocycles. The summed E-state index contributed by atoms with van der Waals surface area (Å²) in [6.07, 6.45) is 4.65. The zero-order valence-corrected chi connectivity index (χ0v) is 13.7. The van der Waals surface area contributed by atoms with Gasteiger partial charge in [-0.1, -0.05) is 25.1 Å². The van der Waals surface area contributed by atoms with Gasteiger partial charge in [0.25, 0.3) is 0 Å². The number of pyridine rings is 1. The van der Waals surface area contributed by atoms with E-state index in [-0.39, 0.29) is 5.78 Å². The number of allylic oxidation sites excluding steroid dienone is 1. The molecule has 2 aromatic rings. The number of hydrogen-bond acceptors (Lipinski definition) is 4. The lowest BCUT2D eigenvalue weighted by molar-refractivity contribution is -0.129. The number of Topliss-reactive ketones (excluding diaryl/α,β-unsaturated/α-hetero) is 1. The van der Waals surface area contributed by atoms with Gasteiger partial charge in [-0.15, -0.1) is 6.58 Å². The molecule has 0 bridgehead atoms. The van der Waals surface area contributed by atoms with Crippen LogP contribution in [0.3, 0.4) is 0 Å². The first-order chi connectivity index (χ1) is 11.6. The van der Waals surface area contributed by atoms with Crippen LogP contribution in [0.2, 0.25) is 0 Å². The van der Waals surface area contributed by atoms with Crippen molar-refractivity contribution in [1.82, 2.24) is 4.98 Å². The summed E-state index contributed by atoms with van der Waals surface area (Å²) in [4.78, 5) is 29.4. The second-order valence-corrected chi connectivity index (χ2v) is 5.33. The number of ether oxygens (including phenoxy) is 1. The second kappa shape index (κ2) is 8.06. The van der Waals surface area contributed by atoms with E-state index in [1.165, 1.54) is 13.2 Å². The standard InChI is InChI=1S/C19H20N2O3/c1-4-13(2)18(22)17(14-9-11-20-12-10-14)19(23)21-15-7-5-6-8-16(15)24-3/h4-13,17H,1H2,2-3H3,(H,21,23). The van der Waals surface area contributed by atoms with Gasteiger partial charge < -0.3 is 10.1 Å². The molecule has 0 aliphatic carbocycles. The number of carbonyl (C=O) groups is 2. The fraction of sp³-hybridized carbons (Fsp3) is 0.211. The Bertz CT molecular complexity index is 728. The van der Waals surface area contributed by atoms with Crippen molar-refractivity contribution >= 4 is 17.4 Å². The summed E-state index contributed by atoms with van der Waals surface area (Å²) in [5.41, 5.74) is 1.11. The molecular weight excluding hydrogens is 304 g/mol. The molecular formula is C19H20N2O3. The molecule has 2 atom stereocenters. The highest BCUT2D eigenvalue weighted by Crippen LogP contribution is 2.27. The maximum atomic E-state index is 12.8. The molecule has 0 spiro atoms. The molecule has 0 saturated heterocycles. The molecule has 5 heteroatoms. The van der Waals surface area contributed by atoms with E-state index in [1.807, 2.05) is 0 Å². The number of rotatable bonds is 7. The van der Waals surface area contributed by atoms with Crippen LogP contribution in [0.1, 0.15) is 18.4 Å². The lowest BCUT2D eigenvalue weighted by atomic mass is 9.87. The Morgan fingerprint density at radius 1 is 1.21 bits per heavy atom. The maximum absolute atomic E-state index is 12.8. The molecule has 1 heterocycles. The number of para-hydroxylation sites is 2. The third-order valence-corrected chi connectivity index (χ3v) is 3.75. The summed E-state index contributed by atoms with van der Waals surface area (Å²) >= 11 is 0. The minimum absolute atomic E-state index is 0.219. The molecule has 0 saturated carbocycles. The molecule has 0 radical (unpaired) electrons. The number of carbonyl (C=O) groups excluding carboxylic acids is 2. The van der Waals surface area contributed by atoms with Crippen LogP contribution in [0.25, 0.3) is 0 Å². The lowest BCUT2D eigenvalue weighted by Crippen LogP contribution is -2.31. The summed E-state index contributed by atoms with van der Waals surface area (Å²) in [5.74, 6) is -1.48. The maximum Gasteiger partial charge on any atom is 0.239 e. The van der Waals surface area contributed by atoms with Crippen molar-refractivity contribution in [2.45, 2.75) is 12.8 Å². The SMILES string of the molecule is C=CC(C)C(=O)C(C(=O)Nc1ccccc1OC)c1ccncc1. The van der Waals surface area contributed by atoms with Crippen molar-refractivity contribution in [3.8, 4) is 5.75 Å². The third-order valence-electron chi connectivity index (χ3n) is 3.75. The number of hydrogen-bond donors (Lipinski definition) is 1. The molecule has 0 aliphatic rings. The van der Waals surface area contributed by atoms with E-state index in [0.717, 1.165) is 0 Å². The number of ketones is 1. The van der Waals surface area contributed by atoms with Gasteiger partial charge in [0, 0.05) is 18.3 Å². The van der Waals surface area contributed by atoms with Gasteiger partial charge >= 0.3 is 0 Å². The van der Waals surface area contributed by atoms with Crippen molar-refractivity contribution in [3.05, 3.63) is 67.0 Å². The highest BCUT2D eigenvalue weighted by atomic mass is 16.5. The van der Waals surface area contributed by atoms with Crippen molar-refractivity contribution in [2.24, 2.45) is 5.92 Å². The fourth-order valence-electron chi connectivity index (χ4n) is 2.33. The second-order valence-electron chi connectivity index (χ2n) is 5.33. The Kier molecular flexibility index (Phi) is 5.84. The largest absolute Gasteiger partial charge is 0.495 e. The number of aromatic nitrogens is 1. The number of anilines is 1. The average Bonchev–Trinajstić information content (AvgIpc) is 2.62. The summed E-state index contributed by atoms with van der Waals surface area (Å²) in [5, 5.41) is 2.78. The predicted octanol–water partition coefficient (Wildman–Crippen LogP) is 3.20. The molecule has 124 valence electrons. The monoisotopic (exact) mass is 324 g/mol. The van der Waals surface area contributed by atoms with Gasteiger partial charge in [0.2, 0.25) is 5.91 Å². The fourth-order valence-corrected chi connectivity index (χ4v) is 2.33. The molecule has 0 fully saturated rings. The minimum atomic E-state index is -0.939. The summed E-state index contributed by atoms with van der Waals surface area (Å²) in [7, 11) is 1.52. The number of amides is 1. The Hall–Kier alpha value is -2.95. The first-order valence-electron chi connectivity index (χ1n) is 7.58. The van der Waals surface area contributed by atoms with Gasteiger partial charge in [0.1, 0.15) is 11.7 Å². The zero-order valence-electron chi connectivity index (χ0n) is 13.7. The van der Waals surface area contributed by atoms with E-state index in [1.54, 1.807) is 55.7 Å². The van der Waals surface area contributed by atoms with Crippen molar-refractivity contribution in [1.29, 1.82) is 0 Å². The smallest absolute Gasteiger partial charge is 0.239 e. The average molecular weight is 324 g/mol. The van der Waals surface area contributed by atoms with Crippen molar-refractivity contribution in [2.75, 3.05) is 12.4 Å². The summed E-state index contributed by atoms with van der Waals surface area (Å²) in [6, 6.07) is 10.4. The highest BCUT2D eigenvalue weighted by molar-refractivity contribution is 6.13. The van der Waals surface area contributed by atoms with Crippen LogP contribution >= 0.6 is 0 Å². The predicted molar refractivity (Wildman–Crippen MR) is 93.0 cm³/mol. The first-order valence-corrected chi connectivity index (χ1v) is 7.58. The van der Waals surface area contributed by atoms with Crippen LogP contribution in [-0.4, -0.2) is 23.8 Å². The first kappa shape index (κ1) is 17.4. The van der Waals surface area contributed by atoms with E-state index < -0.39 is 17.7 Å². The van der Waals surface area contributed by atoms with Gasteiger partial charge in [-0.2, -0.15) is 0 Å². The highest BCUT2D eigenvalue weighted by Gasteiger charge is 2.31. The molecule has 1 N–H and O–H groups in total. The van der Waals surface area contributed by atoms with Gasteiger partial charge in [0.05, 0.1) is 12.8 Å². The van der Waals surface area contributed by atoms with Gasteiger partial charge in [-0.3, -0.25) is 14.6 Å². The van der Waals surface area contributed by atoms with Crippen LogP contribution in [0.4, 0.5) is 5.69 Å². The number of nitrogens with one attached hydrogen (secondary N) is 1. The van der Waals surface area contributed by atoms with Crippen LogP contribution < -0.4 is 10.1 Å². The molecule has 2 unspecified atom stereocenters.